The van der Waals surface area contributed by atoms with Crippen LogP contribution < -0.4 is 10.6 Å². The molecule has 0 atom stereocenters. The topological polar surface area (TPSA) is 105 Å². The average Bonchev–Trinajstić information content (AvgIpc) is 3.49. The van der Waals surface area contributed by atoms with Gasteiger partial charge in [0.15, 0.2) is 0 Å². The van der Waals surface area contributed by atoms with E-state index < -0.39 is 0 Å². The van der Waals surface area contributed by atoms with Gasteiger partial charge in [0.25, 0.3) is 11.8 Å². The molecule has 3 N–H and O–H groups in total. The first-order valence-electron chi connectivity index (χ1n) is 11.9. The minimum Gasteiger partial charge on any atom is -0.398 e. The maximum absolute atomic E-state index is 13.4. The number of H-pyrrole nitrogens is 1. The molecular weight excluding hydrogens is 454 g/mol. The summed E-state index contributed by atoms with van der Waals surface area (Å²) in [4.78, 5) is 30.1. The Kier molecular flexibility index (Phi) is 5.50. The number of carbonyl (C=O) groups excluding carboxylic acids is 2. The summed E-state index contributed by atoms with van der Waals surface area (Å²) in [6, 6.07) is 18.8. The number of para-hydroxylation sites is 1. The predicted molar refractivity (Wildman–Crippen MR) is 140 cm³/mol. The van der Waals surface area contributed by atoms with E-state index in [0.29, 0.717) is 55.3 Å². The number of anilines is 2. The zero-order chi connectivity index (χ0) is 24.6. The molecule has 0 unspecified atom stereocenters. The van der Waals surface area contributed by atoms with Gasteiger partial charge in [0.1, 0.15) is 0 Å². The lowest BCUT2D eigenvalue weighted by atomic mass is 10.0. The molecule has 3 heterocycles. The normalized spacial score (nSPS) is 15.7. The Hall–Kier alpha value is -4.43. The summed E-state index contributed by atoms with van der Waals surface area (Å²) >= 11 is 0. The van der Waals surface area contributed by atoms with E-state index in [2.05, 4.69) is 10.2 Å². The molecule has 4 aromatic rings. The van der Waals surface area contributed by atoms with Crippen molar-refractivity contribution >= 4 is 46.2 Å². The van der Waals surface area contributed by atoms with Crippen molar-refractivity contribution < 1.29 is 14.3 Å². The van der Waals surface area contributed by atoms with Crippen LogP contribution in [0.25, 0.3) is 23.1 Å². The smallest absolute Gasteiger partial charge is 0.259 e. The fraction of sp³-hybridized carbons (Fsp3) is 0.179. The monoisotopic (exact) mass is 479 g/mol. The molecule has 8 heteroatoms. The molecule has 0 radical (unpaired) electrons. The first-order valence-corrected chi connectivity index (χ1v) is 11.9. The van der Waals surface area contributed by atoms with Crippen molar-refractivity contribution in [2.75, 3.05) is 36.9 Å². The number of nitrogens with one attached hydrogen (secondary N) is 1. The lowest BCUT2D eigenvalue weighted by Crippen LogP contribution is -2.40. The Morgan fingerprint density at radius 3 is 2.69 bits per heavy atom. The number of amides is 2. The molecule has 6 rings (SSSR count). The number of nitrogen functional groups attached to an aromatic ring is 1. The average molecular weight is 480 g/mol. The number of rotatable bonds is 4. The molecule has 2 amide bonds. The van der Waals surface area contributed by atoms with Crippen LogP contribution in [0, 0.1) is 0 Å². The standard InChI is InChI=1S/C28H25N5O3/c29-23-6-3-5-20-22(23)17-33(28(20)35)26-16-19(27(34)32-12-14-36-15-13-32)9-8-18(26)10-11-25-21-4-1-2-7-24(21)30-31-25/h1-11,16H,12-15,17,29H2,(H,30,31)/b11-10+. The van der Waals surface area contributed by atoms with Crippen LogP contribution in [0.4, 0.5) is 11.4 Å². The van der Waals surface area contributed by atoms with Gasteiger partial charge >= 0.3 is 0 Å². The first-order chi connectivity index (χ1) is 17.6. The van der Waals surface area contributed by atoms with E-state index in [0.717, 1.165) is 27.7 Å². The van der Waals surface area contributed by atoms with E-state index in [1.807, 2.05) is 48.6 Å². The number of morpholine rings is 1. The van der Waals surface area contributed by atoms with E-state index in [4.69, 9.17) is 10.5 Å². The molecule has 1 aromatic heterocycles. The van der Waals surface area contributed by atoms with Gasteiger partial charge in [0.2, 0.25) is 0 Å². The SMILES string of the molecule is Nc1cccc2c1CN(c1cc(C(=O)N3CCOCC3)ccc1/C=C/c1n[nH]c3ccccc13)C2=O. The molecule has 1 saturated heterocycles. The molecule has 0 aliphatic carbocycles. The second-order valence-electron chi connectivity index (χ2n) is 8.93. The van der Waals surface area contributed by atoms with E-state index in [1.54, 1.807) is 34.1 Å². The summed E-state index contributed by atoms with van der Waals surface area (Å²) in [6.07, 6.45) is 3.85. The Labute approximate surface area is 208 Å². The fourth-order valence-electron chi connectivity index (χ4n) is 4.83. The molecule has 1 fully saturated rings. The van der Waals surface area contributed by atoms with Crippen LogP contribution in [-0.4, -0.2) is 53.2 Å². The van der Waals surface area contributed by atoms with Crippen molar-refractivity contribution in [3.05, 3.63) is 88.6 Å². The molecule has 2 aliphatic heterocycles. The molecule has 0 saturated carbocycles. The van der Waals surface area contributed by atoms with Gasteiger partial charge < -0.3 is 20.3 Å². The number of ether oxygens (including phenoxy) is 1. The van der Waals surface area contributed by atoms with Gasteiger partial charge in [-0.1, -0.05) is 36.4 Å². The molecule has 8 nitrogen and oxygen atoms in total. The zero-order valence-corrected chi connectivity index (χ0v) is 19.6. The molecule has 0 spiro atoms. The summed E-state index contributed by atoms with van der Waals surface area (Å²) in [6.45, 7) is 2.49. The third-order valence-electron chi connectivity index (χ3n) is 6.79. The van der Waals surface area contributed by atoms with Crippen molar-refractivity contribution in [3.63, 3.8) is 0 Å². The maximum atomic E-state index is 13.4. The van der Waals surface area contributed by atoms with Crippen LogP contribution in [0.3, 0.4) is 0 Å². The van der Waals surface area contributed by atoms with Gasteiger partial charge in [-0.25, -0.2) is 0 Å². The summed E-state index contributed by atoms with van der Waals surface area (Å²) in [7, 11) is 0. The van der Waals surface area contributed by atoms with Gasteiger partial charge in [0, 0.05) is 40.9 Å². The molecular formula is C28H25N5O3. The van der Waals surface area contributed by atoms with Gasteiger partial charge in [-0.05, 0) is 42.0 Å². The van der Waals surface area contributed by atoms with E-state index in [9.17, 15) is 9.59 Å². The Morgan fingerprint density at radius 1 is 1.03 bits per heavy atom. The van der Waals surface area contributed by atoms with Crippen LogP contribution in [0.15, 0.2) is 60.7 Å². The number of benzene rings is 3. The van der Waals surface area contributed by atoms with E-state index >= 15 is 0 Å². The summed E-state index contributed by atoms with van der Waals surface area (Å²) < 4.78 is 5.39. The third-order valence-corrected chi connectivity index (χ3v) is 6.79. The van der Waals surface area contributed by atoms with Gasteiger partial charge in [0.05, 0.1) is 36.7 Å². The highest BCUT2D eigenvalue weighted by Gasteiger charge is 2.31. The van der Waals surface area contributed by atoms with Crippen LogP contribution in [0.5, 0.6) is 0 Å². The highest BCUT2D eigenvalue weighted by Crippen LogP contribution is 2.35. The van der Waals surface area contributed by atoms with Crippen LogP contribution in [-0.2, 0) is 11.3 Å². The number of aromatic amines is 1. The number of carbonyl (C=O) groups is 2. The van der Waals surface area contributed by atoms with Crippen molar-refractivity contribution in [2.24, 2.45) is 0 Å². The summed E-state index contributed by atoms with van der Waals surface area (Å²) in [5, 5.41) is 8.47. The Morgan fingerprint density at radius 2 is 1.86 bits per heavy atom. The highest BCUT2D eigenvalue weighted by atomic mass is 16.5. The first kappa shape index (κ1) is 22.1. The van der Waals surface area contributed by atoms with E-state index in [-0.39, 0.29) is 11.8 Å². The predicted octanol–water partition coefficient (Wildman–Crippen LogP) is 3.95. The van der Waals surface area contributed by atoms with Crippen molar-refractivity contribution in [1.82, 2.24) is 15.1 Å². The fourth-order valence-corrected chi connectivity index (χ4v) is 4.83. The Balaban J connectivity index is 1.41. The molecule has 180 valence electrons. The number of fused-ring (bicyclic) bond motifs is 2. The lowest BCUT2D eigenvalue weighted by molar-refractivity contribution is 0.0303. The summed E-state index contributed by atoms with van der Waals surface area (Å²) in [5.41, 5.74) is 11.9. The van der Waals surface area contributed by atoms with Gasteiger partial charge in [-0.3, -0.25) is 14.7 Å². The number of nitrogens with zero attached hydrogens (tertiary/aromatic N) is 3. The third kappa shape index (κ3) is 3.81. The summed E-state index contributed by atoms with van der Waals surface area (Å²) in [5.74, 6) is -0.204. The number of aromatic nitrogens is 2. The van der Waals surface area contributed by atoms with Gasteiger partial charge in [-0.2, -0.15) is 5.10 Å². The van der Waals surface area contributed by atoms with Crippen LogP contribution in [0.1, 0.15) is 37.5 Å². The van der Waals surface area contributed by atoms with Crippen molar-refractivity contribution in [2.45, 2.75) is 6.54 Å². The maximum Gasteiger partial charge on any atom is 0.259 e. The Bertz CT molecular complexity index is 1520. The molecule has 2 aliphatic rings. The van der Waals surface area contributed by atoms with Gasteiger partial charge in [-0.15, -0.1) is 0 Å². The zero-order valence-electron chi connectivity index (χ0n) is 19.6. The van der Waals surface area contributed by atoms with E-state index in [1.165, 1.54) is 0 Å². The molecule has 3 aromatic carbocycles. The number of nitrogens with two attached hydrogens (primary N) is 1. The second-order valence-corrected chi connectivity index (χ2v) is 8.93. The van der Waals surface area contributed by atoms with Crippen LogP contribution >= 0.6 is 0 Å². The highest BCUT2D eigenvalue weighted by molar-refractivity contribution is 6.12. The lowest BCUT2D eigenvalue weighted by Gasteiger charge is -2.27. The van der Waals surface area contributed by atoms with Crippen molar-refractivity contribution in [1.29, 1.82) is 0 Å². The second kappa shape index (κ2) is 8.98. The minimum atomic E-state index is -0.131. The largest absolute Gasteiger partial charge is 0.398 e. The molecule has 36 heavy (non-hydrogen) atoms. The number of hydrogen-bond donors (Lipinski definition) is 2. The number of hydrogen-bond acceptors (Lipinski definition) is 5. The molecule has 0 bridgehead atoms. The van der Waals surface area contributed by atoms with Crippen LogP contribution in [0.2, 0.25) is 0 Å². The van der Waals surface area contributed by atoms with Crippen molar-refractivity contribution in [3.8, 4) is 0 Å². The quantitative estimate of drug-likeness (QED) is 0.432. The minimum absolute atomic E-state index is 0.0722.